The Balaban J connectivity index is 1.32. The van der Waals surface area contributed by atoms with Gasteiger partial charge in [0.25, 0.3) is 0 Å². The van der Waals surface area contributed by atoms with Crippen LogP contribution in [0.5, 0.6) is 0 Å². The van der Waals surface area contributed by atoms with E-state index in [0.29, 0.717) is 48.1 Å². The molecule has 2 aromatic carbocycles. The molecule has 1 aliphatic rings. The van der Waals surface area contributed by atoms with Gasteiger partial charge in [0.15, 0.2) is 0 Å². The van der Waals surface area contributed by atoms with Gasteiger partial charge >= 0.3 is 12.1 Å². The Morgan fingerprint density at radius 1 is 0.719 bits per heavy atom. The Hall–Kier alpha value is -2.44. The molecule has 4 N–H and O–H groups in total. The van der Waals surface area contributed by atoms with Gasteiger partial charge in [-0.2, -0.15) is 0 Å². The highest BCUT2D eigenvalue weighted by Crippen LogP contribution is 2.28. The van der Waals surface area contributed by atoms with Gasteiger partial charge in [-0.15, -0.1) is 0 Å². The first-order valence-electron chi connectivity index (χ1n) is 11.0. The molecule has 0 aliphatic heterocycles. The molecule has 0 aromatic heterocycles. The minimum absolute atomic E-state index is 0.191. The monoisotopic (exact) mass is 476 g/mol. The Labute approximate surface area is 199 Å². The minimum Gasteiger partial charge on any atom is -0.338 e. The maximum Gasteiger partial charge on any atom is 0.315 e. The summed E-state index contributed by atoms with van der Waals surface area (Å²) >= 11 is 12.2. The highest BCUT2D eigenvalue weighted by Gasteiger charge is 2.22. The van der Waals surface area contributed by atoms with Gasteiger partial charge in [0, 0.05) is 36.2 Å². The van der Waals surface area contributed by atoms with E-state index in [4.69, 9.17) is 23.2 Å². The van der Waals surface area contributed by atoms with Crippen molar-refractivity contribution in [2.45, 2.75) is 38.8 Å². The highest BCUT2D eigenvalue weighted by molar-refractivity contribution is 6.31. The van der Waals surface area contributed by atoms with E-state index in [1.165, 1.54) is 0 Å². The standard InChI is InChI=1S/C24H30Cl2N4O2/c25-21-10-3-1-8-19(21)15-29-23(31)27-13-17-6-5-7-18(12-17)14-28-24(32)30-16-20-9-2-4-11-22(20)26/h1-4,8-11,17-18H,5-7,12-16H2,(H2,27,29,31)(H2,28,30,32). The number of rotatable bonds is 8. The number of hydrogen-bond acceptors (Lipinski definition) is 2. The van der Waals surface area contributed by atoms with Gasteiger partial charge in [-0.1, -0.05) is 66.0 Å². The lowest BCUT2D eigenvalue weighted by molar-refractivity contribution is 0.221. The number of halogens is 2. The SMILES string of the molecule is O=C(NCc1ccccc1Cl)NCC1CCCC(CNC(=O)NCc2ccccc2Cl)C1. The summed E-state index contributed by atoms with van der Waals surface area (Å²) in [5.41, 5.74) is 1.78. The van der Waals surface area contributed by atoms with E-state index < -0.39 is 0 Å². The molecule has 1 aliphatic carbocycles. The number of hydrogen-bond donors (Lipinski definition) is 4. The van der Waals surface area contributed by atoms with Crippen LogP contribution in [0.25, 0.3) is 0 Å². The quantitative estimate of drug-likeness (QED) is 0.427. The normalized spacial score (nSPS) is 17.9. The summed E-state index contributed by atoms with van der Waals surface area (Å²) in [6.07, 6.45) is 4.25. The second kappa shape index (κ2) is 12.6. The Bertz CT molecular complexity index is 838. The molecule has 0 bridgehead atoms. The largest absolute Gasteiger partial charge is 0.338 e. The fourth-order valence-corrected chi connectivity index (χ4v) is 4.41. The maximum atomic E-state index is 12.1. The molecular weight excluding hydrogens is 447 g/mol. The van der Waals surface area contributed by atoms with Crippen molar-refractivity contribution < 1.29 is 9.59 Å². The van der Waals surface area contributed by atoms with Gasteiger partial charge < -0.3 is 21.3 Å². The van der Waals surface area contributed by atoms with Gasteiger partial charge in [0.05, 0.1) is 0 Å². The third kappa shape index (κ3) is 7.92. The molecule has 2 atom stereocenters. The number of nitrogens with one attached hydrogen (secondary N) is 4. The second-order valence-corrected chi connectivity index (χ2v) is 9.02. The number of urea groups is 2. The smallest absolute Gasteiger partial charge is 0.315 e. The molecule has 2 aromatic rings. The molecule has 0 radical (unpaired) electrons. The molecule has 0 spiro atoms. The summed E-state index contributed by atoms with van der Waals surface area (Å²) in [5, 5.41) is 12.9. The highest BCUT2D eigenvalue weighted by atomic mass is 35.5. The van der Waals surface area contributed by atoms with Gasteiger partial charge in [0.1, 0.15) is 0 Å². The summed E-state index contributed by atoms with van der Waals surface area (Å²) in [4.78, 5) is 24.3. The summed E-state index contributed by atoms with van der Waals surface area (Å²) in [7, 11) is 0. The Kier molecular flexibility index (Phi) is 9.50. The molecule has 1 saturated carbocycles. The maximum absolute atomic E-state index is 12.1. The molecular formula is C24H30Cl2N4O2. The van der Waals surface area contributed by atoms with Crippen LogP contribution in [0.15, 0.2) is 48.5 Å². The third-order valence-corrected chi connectivity index (χ3v) is 6.53. The van der Waals surface area contributed by atoms with E-state index in [1.807, 2.05) is 48.5 Å². The second-order valence-electron chi connectivity index (χ2n) is 8.21. The van der Waals surface area contributed by atoms with Crippen molar-refractivity contribution in [2.24, 2.45) is 11.8 Å². The first kappa shape index (κ1) is 24.2. The predicted octanol–water partition coefficient (Wildman–Crippen LogP) is 5.10. The minimum atomic E-state index is -0.191. The first-order valence-corrected chi connectivity index (χ1v) is 11.8. The molecule has 2 unspecified atom stereocenters. The zero-order valence-corrected chi connectivity index (χ0v) is 19.5. The lowest BCUT2D eigenvalue weighted by Crippen LogP contribution is -2.41. The van der Waals surface area contributed by atoms with Crippen molar-refractivity contribution in [2.75, 3.05) is 13.1 Å². The zero-order valence-electron chi connectivity index (χ0n) is 18.0. The van der Waals surface area contributed by atoms with E-state index in [9.17, 15) is 9.59 Å². The number of carbonyl (C=O) groups is 2. The lowest BCUT2D eigenvalue weighted by Gasteiger charge is -2.29. The molecule has 0 saturated heterocycles. The topological polar surface area (TPSA) is 82.3 Å². The van der Waals surface area contributed by atoms with Crippen molar-refractivity contribution in [3.05, 3.63) is 69.7 Å². The van der Waals surface area contributed by atoms with Gasteiger partial charge in [-0.05, 0) is 54.4 Å². The van der Waals surface area contributed by atoms with Gasteiger partial charge in [-0.3, -0.25) is 0 Å². The molecule has 172 valence electrons. The molecule has 6 nitrogen and oxygen atoms in total. The number of amides is 4. The van der Waals surface area contributed by atoms with Crippen LogP contribution in [0.3, 0.4) is 0 Å². The summed E-state index contributed by atoms with van der Waals surface area (Å²) < 4.78 is 0. The van der Waals surface area contributed by atoms with E-state index in [-0.39, 0.29) is 12.1 Å². The Morgan fingerprint density at radius 2 is 1.16 bits per heavy atom. The molecule has 8 heteroatoms. The van der Waals surface area contributed by atoms with E-state index >= 15 is 0 Å². The zero-order chi connectivity index (χ0) is 22.8. The molecule has 4 amide bonds. The fraction of sp³-hybridized carbons (Fsp3) is 0.417. The number of carbonyl (C=O) groups excluding carboxylic acids is 2. The van der Waals surface area contributed by atoms with Crippen LogP contribution in [0, 0.1) is 11.8 Å². The van der Waals surface area contributed by atoms with Crippen LogP contribution in [0.1, 0.15) is 36.8 Å². The molecule has 0 heterocycles. The average Bonchev–Trinajstić information content (AvgIpc) is 2.80. The summed E-state index contributed by atoms with van der Waals surface area (Å²) in [6, 6.07) is 14.5. The lowest BCUT2D eigenvalue weighted by atomic mass is 9.81. The van der Waals surface area contributed by atoms with Crippen LogP contribution < -0.4 is 21.3 Å². The van der Waals surface area contributed by atoms with Crippen molar-refractivity contribution >= 4 is 35.3 Å². The van der Waals surface area contributed by atoms with Crippen molar-refractivity contribution in [1.82, 2.24) is 21.3 Å². The Morgan fingerprint density at radius 3 is 1.59 bits per heavy atom. The van der Waals surface area contributed by atoms with Crippen molar-refractivity contribution in [3.8, 4) is 0 Å². The average molecular weight is 477 g/mol. The van der Waals surface area contributed by atoms with E-state index in [2.05, 4.69) is 21.3 Å². The van der Waals surface area contributed by atoms with Crippen LogP contribution in [0.2, 0.25) is 10.0 Å². The van der Waals surface area contributed by atoms with Gasteiger partial charge in [-0.25, -0.2) is 9.59 Å². The van der Waals surface area contributed by atoms with Crippen LogP contribution in [-0.4, -0.2) is 25.2 Å². The third-order valence-electron chi connectivity index (χ3n) is 5.79. The number of benzene rings is 2. The van der Waals surface area contributed by atoms with Crippen LogP contribution in [0.4, 0.5) is 9.59 Å². The predicted molar refractivity (Wildman–Crippen MR) is 129 cm³/mol. The van der Waals surface area contributed by atoms with Crippen LogP contribution >= 0.6 is 23.2 Å². The van der Waals surface area contributed by atoms with Crippen molar-refractivity contribution in [3.63, 3.8) is 0 Å². The van der Waals surface area contributed by atoms with E-state index in [1.54, 1.807) is 0 Å². The molecule has 1 fully saturated rings. The fourth-order valence-electron chi connectivity index (χ4n) is 4.01. The summed E-state index contributed by atoms with van der Waals surface area (Å²) in [5.74, 6) is 0.820. The van der Waals surface area contributed by atoms with Gasteiger partial charge in [0.2, 0.25) is 0 Å². The first-order chi connectivity index (χ1) is 15.5. The molecule has 3 rings (SSSR count). The molecule has 32 heavy (non-hydrogen) atoms. The van der Waals surface area contributed by atoms with Crippen molar-refractivity contribution in [1.29, 1.82) is 0 Å². The summed E-state index contributed by atoms with van der Waals surface area (Å²) in [6.45, 7) is 2.05. The van der Waals surface area contributed by atoms with E-state index in [0.717, 1.165) is 36.8 Å². The van der Waals surface area contributed by atoms with Crippen LogP contribution in [-0.2, 0) is 13.1 Å².